The van der Waals surface area contributed by atoms with E-state index < -0.39 is 5.97 Å². The van der Waals surface area contributed by atoms with Crippen molar-refractivity contribution in [2.75, 3.05) is 18.0 Å². The van der Waals surface area contributed by atoms with E-state index in [1.165, 1.54) is 5.69 Å². The minimum Gasteiger partial charge on any atom is -0.478 e. The highest BCUT2D eigenvalue weighted by molar-refractivity contribution is 6.06. The summed E-state index contributed by atoms with van der Waals surface area (Å²) in [5.74, 6) is -0.875. The van der Waals surface area contributed by atoms with Crippen molar-refractivity contribution in [1.29, 1.82) is 0 Å². The van der Waals surface area contributed by atoms with Gasteiger partial charge in [0.15, 0.2) is 0 Å². The minimum atomic E-state index is -0.875. The van der Waals surface area contributed by atoms with E-state index in [9.17, 15) is 9.90 Å². The number of nitrogens with zero attached hydrogens (tertiary/aromatic N) is 2. The topological polar surface area (TPSA) is 53.4 Å². The van der Waals surface area contributed by atoms with Gasteiger partial charge in [0, 0.05) is 24.2 Å². The van der Waals surface area contributed by atoms with Gasteiger partial charge in [-0.25, -0.2) is 9.78 Å². The van der Waals surface area contributed by atoms with Crippen molar-refractivity contribution in [3.8, 4) is 0 Å². The summed E-state index contributed by atoms with van der Waals surface area (Å²) < 4.78 is 0. The summed E-state index contributed by atoms with van der Waals surface area (Å²) in [6.45, 7) is 6.29. The lowest BCUT2D eigenvalue weighted by molar-refractivity contribution is 0.0698. The molecule has 4 rings (SSSR count). The first-order valence-corrected chi connectivity index (χ1v) is 9.83. The predicted octanol–water partition coefficient (Wildman–Crippen LogP) is 5.27. The zero-order valence-corrected chi connectivity index (χ0v) is 16.3. The molecule has 0 amide bonds. The van der Waals surface area contributed by atoms with E-state index in [1.54, 1.807) is 0 Å². The van der Waals surface area contributed by atoms with E-state index >= 15 is 0 Å². The van der Waals surface area contributed by atoms with E-state index in [1.807, 2.05) is 24.3 Å². The van der Waals surface area contributed by atoms with Gasteiger partial charge in [-0.1, -0.05) is 30.3 Å². The maximum Gasteiger partial charge on any atom is 0.336 e. The molecule has 142 valence electrons. The highest BCUT2D eigenvalue weighted by Gasteiger charge is 2.26. The fourth-order valence-corrected chi connectivity index (χ4v) is 4.09. The number of anilines is 1. The second kappa shape index (κ2) is 7.47. The molecule has 3 aromatic rings. The van der Waals surface area contributed by atoms with Gasteiger partial charge in [0.2, 0.25) is 0 Å². The van der Waals surface area contributed by atoms with E-state index in [0.29, 0.717) is 5.56 Å². The Balaban J connectivity index is 1.76. The van der Waals surface area contributed by atoms with Crippen LogP contribution < -0.4 is 4.90 Å². The predicted molar refractivity (Wildman–Crippen MR) is 115 cm³/mol. The van der Waals surface area contributed by atoms with Crippen LogP contribution in [0.25, 0.3) is 22.6 Å². The Morgan fingerprint density at radius 3 is 2.46 bits per heavy atom. The average molecular weight is 372 g/mol. The summed E-state index contributed by atoms with van der Waals surface area (Å²) in [4.78, 5) is 19.1. The maximum absolute atomic E-state index is 11.9. The normalized spacial score (nSPS) is 14.4. The fraction of sp³-hybridized carbons (Fsp3) is 0.250. The monoisotopic (exact) mass is 372 g/mol. The van der Waals surface area contributed by atoms with Crippen LogP contribution in [0.1, 0.15) is 47.4 Å². The molecule has 1 aliphatic rings. The van der Waals surface area contributed by atoms with Crippen molar-refractivity contribution >= 4 is 34.2 Å². The van der Waals surface area contributed by atoms with Crippen LogP contribution in [0.15, 0.2) is 48.5 Å². The third kappa shape index (κ3) is 3.15. The highest BCUT2D eigenvalue weighted by atomic mass is 16.4. The largest absolute Gasteiger partial charge is 0.478 e. The summed E-state index contributed by atoms with van der Waals surface area (Å²) in [6.07, 6.45) is 3.68. The molecule has 2 aromatic carbocycles. The lowest BCUT2D eigenvalue weighted by Crippen LogP contribution is -2.21. The number of hydrogen-bond donors (Lipinski definition) is 1. The van der Waals surface area contributed by atoms with Crippen LogP contribution in [-0.2, 0) is 6.42 Å². The first kappa shape index (κ1) is 18.2. The molecule has 0 spiro atoms. The smallest absolute Gasteiger partial charge is 0.336 e. The van der Waals surface area contributed by atoms with Crippen LogP contribution in [0.4, 0.5) is 5.69 Å². The molecule has 4 nitrogen and oxygen atoms in total. The standard InChI is InChI=1S/C24H24N2O2/c1-3-26(4-2)18-12-9-16(10-13-18)15-17-11-14-20-22(24(27)28)19-7-5-6-8-21(19)25-23(17)20/h5-10,12-13,15H,3-4,11,14H2,1-2H3,(H,27,28). The van der Waals surface area contributed by atoms with Gasteiger partial charge < -0.3 is 10.0 Å². The van der Waals surface area contributed by atoms with Gasteiger partial charge in [0.25, 0.3) is 0 Å². The van der Waals surface area contributed by atoms with Crippen molar-refractivity contribution in [3.63, 3.8) is 0 Å². The molecule has 1 N–H and O–H groups in total. The number of pyridine rings is 1. The van der Waals surface area contributed by atoms with Gasteiger partial charge in [-0.2, -0.15) is 0 Å². The molecule has 0 atom stereocenters. The van der Waals surface area contributed by atoms with E-state index in [-0.39, 0.29) is 0 Å². The van der Waals surface area contributed by atoms with Crippen LogP contribution >= 0.6 is 0 Å². The number of allylic oxidation sites excluding steroid dienone is 1. The van der Waals surface area contributed by atoms with Gasteiger partial charge in [0.1, 0.15) is 0 Å². The second-order valence-corrected chi connectivity index (χ2v) is 7.07. The molecule has 0 unspecified atom stereocenters. The number of carboxylic acid groups (broad SMARTS) is 1. The zero-order valence-electron chi connectivity index (χ0n) is 16.3. The third-order valence-electron chi connectivity index (χ3n) is 5.52. The molecule has 0 fully saturated rings. The van der Waals surface area contributed by atoms with Crippen molar-refractivity contribution in [3.05, 3.63) is 70.9 Å². The first-order valence-electron chi connectivity index (χ1n) is 9.83. The van der Waals surface area contributed by atoms with Crippen molar-refractivity contribution in [2.24, 2.45) is 0 Å². The molecule has 1 aliphatic carbocycles. The second-order valence-electron chi connectivity index (χ2n) is 7.07. The Hall–Kier alpha value is -3.14. The summed E-state index contributed by atoms with van der Waals surface area (Å²) in [5, 5.41) is 10.5. The van der Waals surface area contributed by atoms with Crippen molar-refractivity contribution < 1.29 is 9.90 Å². The first-order chi connectivity index (χ1) is 13.6. The Bertz CT molecular complexity index is 1060. The van der Waals surface area contributed by atoms with Gasteiger partial charge >= 0.3 is 5.97 Å². The van der Waals surface area contributed by atoms with Gasteiger partial charge in [-0.3, -0.25) is 0 Å². The molecule has 0 bridgehead atoms. The lowest BCUT2D eigenvalue weighted by atomic mass is 10.0. The molecule has 0 saturated carbocycles. The number of benzene rings is 2. The Kier molecular flexibility index (Phi) is 4.86. The molecular formula is C24H24N2O2. The molecule has 0 aliphatic heterocycles. The quantitative estimate of drug-likeness (QED) is 0.663. The van der Waals surface area contributed by atoms with Crippen LogP contribution in [-0.4, -0.2) is 29.1 Å². The molecule has 1 heterocycles. The zero-order chi connectivity index (χ0) is 19.7. The summed E-state index contributed by atoms with van der Waals surface area (Å²) in [7, 11) is 0. The Morgan fingerprint density at radius 1 is 1.07 bits per heavy atom. The van der Waals surface area contributed by atoms with E-state index in [4.69, 9.17) is 4.98 Å². The molecule has 1 aromatic heterocycles. The fourth-order valence-electron chi connectivity index (χ4n) is 4.09. The summed E-state index contributed by atoms with van der Waals surface area (Å²) in [5.41, 5.74) is 6.28. The number of rotatable bonds is 5. The summed E-state index contributed by atoms with van der Waals surface area (Å²) in [6, 6.07) is 16.0. The number of carboxylic acids is 1. The van der Waals surface area contributed by atoms with Crippen LogP contribution in [0, 0.1) is 0 Å². The van der Waals surface area contributed by atoms with Crippen LogP contribution in [0.2, 0.25) is 0 Å². The molecule has 28 heavy (non-hydrogen) atoms. The minimum absolute atomic E-state index is 0.404. The Labute approximate surface area is 165 Å². The van der Waals surface area contributed by atoms with E-state index in [2.05, 4.69) is 49.1 Å². The molecule has 4 heteroatoms. The average Bonchev–Trinajstić information content (AvgIpc) is 3.10. The number of aromatic carboxylic acids is 1. The van der Waals surface area contributed by atoms with Gasteiger partial charge in [-0.15, -0.1) is 0 Å². The van der Waals surface area contributed by atoms with E-state index in [0.717, 1.165) is 59.2 Å². The number of fused-ring (bicyclic) bond motifs is 2. The number of para-hydroxylation sites is 1. The van der Waals surface area contributed by atoms with Crippen molar-refractivity contribution in [2.45, 2.75) is 26.7 Å². The molecule has 0 saturated heterocycles. The SMILES string of the molecule is CCN(CC)c1ccc(C=C2CCc3c2nc2ccccc2c3C(=O)O)cc1. The van der Waals surface area contributed by atoms with Gasteiger partial charge in [-0.05, 0) is 67.7 Å². The molecule has 0 radical (unpaired) electrons. The van der Waals surface area contributed by atoms with Crippen LogP contribution in [0.5, 0.6) is 0 Å². The lowest BCUT2D eigenvalue weighted by Gasteiger charge is -2.20. The summed E-state index contributed by atoms with van der Waals surface area (Å²) >= 11 is 0. The maximum atomic E-state index is 11.9. The Morgan fingerprint density at radius 2 is 1.79 bits per heavy atom. The molecular weight excluding hydrogens is 348 g/mol. The van der Waals surface area contributed by atoms with Crippen LogP contribution in [0.3, 0.4) is 0 Å². The number of carbonyl (C=O) groups is 1. The third-order valence-corrected chi connectivity index (χ3v) is 5.52. The highest BCUT2D eigenvalue weighted by Crippen LogP contribution is 2.37. The van der Waals surface area contributed by atoms with Crippen molar-refractivity contribution in [1.82, 2.24) is 4.98 Å². The number of hydrogen-bond acceptors (Lipinski definition) is 3. The number of aromatic nitrogens is 1. The van der Waals surface area contributed by atoms with Gasteiger partial charge in [0.05, 0.1) is 16.8 Å².